The van der Waals surface area contributed by atoms with Crippen LogP contribution in [0.5, 0.6) is 0 Å². The molecule has 6 nitrogen and oxygen atoms in total. The van der Waals surface area contributed by atoms with Crippen LogP contribution in [0.25, 0.3) is 0 Å². The third kappa shape index (κ3) is 5.21. The minimum absolute atomic E-state index is 0.0376. The zero-order chi connectivity index (χ0) is 23.6. The highest BCUT2D eigenvalue weighted by molar-refractivity contribution is 7.90. The van der Waals surface area contributed by atoms with Gasteiger partial charge in [0.2, 0.25) is 5.29 Å². The third-order valence-electron chi connectivity index (χ3n) is 4.99. The van der Waals surface area contributed by atoms with E-state index in [0.717, 1.165) is 11.1 Å². The van der Waals surface area contributed by atoms with E-state index in [2.05, 4.69) is 15.6 Å². The lowest BCUT2D eigenvalue weighted by Gasteiger charge is -2.15. The van der Waals surface area contributed by atoms with Gasteiger partial charge in [0.05, 0.1) is 28.8 Å². The molecule has 1 aliphatic rings. The average Bonchev–Trinajstić information content (AvgIpc) is 3.25. The monoisotopic (exact) mass is 516 g/mol. The Morgan fingerprint density at radius 1 is 1.03 bits per heavy atom. The van der Waals surface area contributed by atoms with E-state index in [1.54, 1.807) is 30.3 Å². The Kier molecular flexibility index (Phi) is 6.73. The van der Waals surface area contributed by atoms with Crippen LogP contribution in [0.1, 0.15) is 22.6 Å². The van der Waals surface area contributed by atoms with Crippen molar-refractivity contribution >= 4 is 55.8 Å². The molecule has 0 N–H and O–H groups in total. The second-order valence-corrected chi connectivity index (χ2v) is 9.97. The van der Waals surface area contributed by atoms with Gasteiger partial charge >= 0.3 is 0 Å². The van der Waals surface area contributed by atoms with Crippen molar-refractivity contribution in [3.8, 4) is 6.07 Å². The summed E-state index contributed by atoms with van der Waals surface area (Å²) in [5.41, 5.74) is 2.79. The van der Waals surface area contributed by atoms with Gasteiger partial charge in [0.1, 0.15) is 0 Å². The predicted octanol–water partition coefficient (Wildman–Crippen LogP) is 5.65. The Balaban J connectivity index is 1.72. The van der Waals surface area contributed by atoms with Gasteiger partial charge in [-0.1, -0.05) is 47.5 Å². The maximum absolute atomic E-state index is 12.7. The van der Waals surface area contributed by atoms with Crippen molar-refractivity contribution in [3.05, 3.63) is 99.5 Å². The SMILES string of the molecule is N#Cc1cccc(C2CN(/C(Cl)=N\S(=O)(=O)c3ccc(Cl)cc3)N=C2c2ccc(Cl)cc2)c1. The van der Waals surface area contributed by atoms with Gasteiger partial charge in [-0.15, -0.1) is 4.40 Å². The van der Waals surface area contributed by atoms with Crippen LogP contribution in [0.4, 0.5) is 0 Å². The highest BCUT2D eigenvalue weighted by Gasteiger charge is 2.32. The first-order valence-electron chi connectivity index (χ1n) is 9.65. The smallest absolute Gasteiger partial charge is 0.236 e. The van der Waals surface area contributed by atoms with E-state index < -0.39 is 10.0 Å². The average molecular weight is 518 g/mol. The second kappa shape index (κ2) is 9.54. The second-order valence-electron chi connectivity index (χ2n) is 7.15. The van der Waals surface area contributed by atoms with Gasteiger partial charge in [-0.2, -0.15) is 18.8 Å². The Labute approximate surface area is 206 Å². The molecular weight excluding hydrogens is 503 g/mol. The Hall–Kier alpha value is -2.89. The van der Waals surface area contributed by atoms with Gasteiger partial charge < -0.3 is 0 Å². The van der Waals surface area contributed by atoms with Crippen molar-refractivity contribution in [2.45, 2.75) is 10.8 Å². The van der Waals surface area contributed by atoms with Crippen LogP contribution in [0.2, 0.25) is 10.0 Å². The molecule has 3 aromatic rings. The molecule has 0 radical (unpaired) electrons. The molecule has 1 atom stereocenters. The fourth-order valence-electron chi connectivity index (χ4n) is 3.39. The third-order valence-corrected chi connectivity index (χ3v) is 7.16. The number of amidine groups is 1. The summed E-state index contributed by atoms with van der Waals surface area (Å²) in [5.74, 6) is -0.276. The summed E-state index contributed by atoms with van der Waals surface area (Å²) in [5, 5.41) is 15.9. The van der Waals surface area contributed by atoms with Crippen LogP contribution in [-0.4, -0.2) is 31.0 Å². The molecule has 0 spiro atoms. The maximum atomic E-state index is 12.7. The highest BCUT2D eigenvalue weighted by Crippen LogP contribution is 2.31. The largest absolute Gasteiger partial charge is 0.285 e. The van der Waals surface area contributed by atoms with E-state index in [0.29, 0.717) is 21.3 Å². The summed E-state index contributed by atoms with van der Waals surface area (Å²) in [4.78, 5) is -0.0376. The zero-order valence-electron chi connectivity index (χ0n) is 16.9. The van der Waals surface area contributed by atoms with Crippen molar-refractivity contribution in [3.63, 3.8) is 0 Å². The molecule has 1 aliphatic heterocycles. The fraction of sp³-hybridized carbons (Fsp3) is 0.0870. The topological polar surface area (TPSA) is 85.9 Å². The van der Waals surface area contributed by atoms with Crippen LogP contribution < -0.4 is 0 Å². The molecule has 1 unspecified atom stereocenters. The lowest BCUT2D eigenvalue weighted by Crippen LogP contribution is -2.23. The normalized spacial score (nSPS) is 16.4. The number of nitrogens with zero attached hydrogens (tertiary/aromatic N) is 4. The van der Waals surface area contributed by atoms with Crippen molar-refractivity contribution in [1.29, 1.82) is 5.26 Å². The number of hydrazone groups is 1. The molecule has 0 saturated carbocycles. The minimum Gasteiger partial charge on any atom is -0.236 e. The molecule has 166 valence electrons. The molecule has 3 aromatic carbocycles. The molecule has 0 fully saturated rings. The molecule has 0 bridgehead atoms. The number of nitriles is 1. The molecule has 10 heteroatoms. The van der Waals surface area contributed by atoms with Gasteiger partial charge in [0.25, 0.3) is 10.0 Å². The van der Waals surface area contributed by atoms with E-state index in [-0.39, 0.29) is 22.7 Å². The fourth-order valence-corrected chi connectivity index (χ4v) is 4.90. The Morgan fingerprint density at radius 3 is 2.30 bits per heavy atom. The predicted molar refractivity (Wildman–Crippen MR) is 131 cm³/mol. The van der Waals surface area contributed by atoms with Gasteiger partial charge in [-0.25, -0.2) is 5.01 Å². The summed E-state index contributed by atoms with van der Waals surface area (Å²) in [6.07, 6.45) is 0. The summed E-state index contributed by atoms with van der Waals surface area (Å²) in [6.45, 7) is 0.241. The minimum atomic E-state index is -4.07. The van der Waals surface area contributed by atoms with Gasteiger partial charge in [-0.3, -0.25) is 0 Å². The molecule has 0 aliphatic carbocycles. The summed E-state index contributed by atoms with van der Waals surface area (Å²) in [6, 6.07) is 22.0. The first kappa shape index (κ1) is 23.3. The molecule has 1 heterocycles. The van der Waals surface area contributed by atoms with E-state index >= 15 is 0 Å². The number of sulfonamides is 1. The molecule has 0 saturated heterocycles. The van der Waals surface area contributed by atoms with Crippen LogP contribution in [0.3, 0.4) is 0 Å². The number of hydrogen-bond acceptors (Lipinski definition) is 4. The molecule has 33 heavy (non-hydrogen) atoms. The Bertz CT molecular complexity index is 1400. The summed E-state index contributed by atoms with van der Waals surface area (Å²) >= 11 is 18.2. The Morgan fingerprint density at radius 2 is 1.67 bits per heavy atom. The lowest BCUT2D eigenvalue weighted by molar-refractivity contribution is 0.483. The van der Waals surface area contributed by atoms with Crippen LogP contribution in [0, 0.1) is 11.3 Å². The van der Waals surface area contributed by atoms with Gasteiger partial charge in [0, 0.05) is 16.0 Å². The molecule has 0 aromatic heterocycles. The molecule has 4 rings (SSSR count). The highest BCUT2D eigenvalue weighted by atomic mass is 35.5. The quantitative estimate of drug-likeness (QED) is 0.254. The van der Waals surface area contributed by atoms with Gasteiger partial charge in [0.15, 0.2) is 0 Å². The van der Waals surface area contributed by atoms with Gasteiger partial charge in [-0.05, 0) is 71.3 Å². The molecular formula is C23H15Cl3N4O2S. The number of halogens is 3. The van der Waals surface area contributed by atoms with Crippen molar-refractivity contribution in [1.82, 2.24) is 5.01 Å². The number of benzene rings is 3. The van der Waals surface area contributed by atoms with Crippen molar-refractivity contribution in [2.24, 2.45) is 9.50 Å². The van der Waals surface area contributed by atoms with Crippen molar-refractivity contribution in [2.75, 3.05) is 6.54 Å². The lowest BCUT2D eigenvalue weighted by atomic mass is 9.90. The maximum Gasteiger partial charge on any atom is 0.285 e. The van der Waals surface area contributed by atoms with Crippen LogP contribution >= 0.6 is 34.8 Å². The zero-order valence-corrected chi connectivity index (χ0v) is 19.9. The number of hydrogen-bond donors (Lipinski definition) is 0. The number of rotatable bonds is 4. The van der Waals surface area contributed by atoms with E-state index in [1.165, 1.54) is 29.3 Å². The van der Waals surface area contributed by atoms with Crippen LogP contribution in [0.15, 0.2) is 87.2 Å². The van der Waals surface area contributed by atoms with E-state index in [4.69, 9.17) is 34.8 Å². The van der Waals surface area contributed by atoms with E-state index in [1.807, 2.05) is 18.2 Å². The summed E-state index contributed by atoms with van der Waals surface area (Å²) < 4.78 is 29.1. The molecule has 0 amide bonds. The first-order valence-corrected chi connectivity index (χ1v) is 12.2. The summed E-state index contributed by atoms with van der Waals surface area (Å²) in [7, 11) is -4.07. The first-order chi connectivity index (χ1) is 15.8. The van der Waals surface area contributed by atoms with E-state index in [9.17, 15) is 13.7 Å². The van der Waals surface area contributed by atoms with Crippen LogP contribution in [-0.2, 0) is 10.0 Å². The van der Waals surface area contributed by atoms with Crippen molar-refractivity contribution < 1.29 is 8.42 Å². The standard InChI is InChI=1S/C23H15Cl3N4O2S/c24-18-6-4-16(5-7-18)22-21(17-3-1-2-15(12-17)13-27)14-30(28-22)23(26)29-33(31,32)20-10-8-19(25)9-11-20/h1-12,21H,14H2/b29-23-.